The van der Waals surface area contributed by atoms with Crippen LogP contribution in [0.4, 0.5) is 13.2 Å². The Morgan fingerprint density at radius 1 is 0.411 bits per heavy atom. The van der Waals surface area contributed by atoms with Crippen molar-refractivity contribution < 1.29 is 87.8 Å². The number of hydrogen-bond donors (Lipinski definition) is 12. The minimum atomic E-state index is -4.01. The van der Waals surface area contributed by atoms with E-state index < -0.39 is 17.7 Å². The molecule has 0 aromatic heterocycles. The Morgan fingerprint density at radius 3 is 0.993 bits per heavy atom. The van der Waals surface area contributed by atoms with E-state index >= 15 is 0 Å². The number of carbonyl (C=O) groups is 5. The van der Waals surface area contributed by atoms with Gasteiger partial charge in [-0.15, -0.1) is 0 Å². The Kier molecular flexibility index (Phi) is 116. The summed E-state index contributed by atoms with van der Waals surface area (Å²) in [5.41, 5.74) is 5.59. The molecule has 1 unspecified atom stereocenters. The van der Waals surface area contributed by atoms with Crippen LogP contribution in [0.3, 0.4) is 0 Å². The van der Waals surface area contributed by atoms with E-state index in [-0.39, 0.29) is 78.8 Å². The number of esters is 1. The number of Topliss-reactive ketones (excluding diaryl/α,β-unsaturated/α-hetero) is 1. The van der Waals surface area contributed by atoms with Gasteiger partial charge >= 0.3 is 12.1 Å². The number of aliphatic hydroxyl groups excluding tert-OH is 8. The lowest BCUT2D eigenvalue weighted by Crippen LogP contribution is -2.42. The zero-order chi connectivity index (χ0) is 113. The number of primary amides is 1. The molecule has 0 heterocycles. The average molecular weight is 2050 g/mol. The van der Waals surface area contributed by atoms with E-state index in [0.29, 0.717) is 196 Å². The van der Waals surface area contributed by atoms with Crippen LogP contribution in [0.5, 0.6) is 0 Å². The zero-order valence-corrected chi connectivity index (χ0v) is 101. The van der Waals surface area contributed by atoms with Gasteiger partial charge in [0.15, 0.2) is 0 Å². The number of alkyl halides is 3. The summed E-state index contributed by atoms with van der Waals surface area (Å²) < 4.78 is 41.2. The van der Waals surface area contributed by atoms with E-state index in [2.05, 4.69) is 262 Å². The number of hydrogen-bond acceptors (Lipinski definition) is 16. The number of ketones is 1. The highest BCUT2D eigenvalue weighted by molar-refractivity contribution is 7.98. The van der Waals surface area contributed by atoms with E-state index in [0.717, 1.165) is 89.4 Å². The maximum Gasteiger partial charge on any atom is 0.392 e. The minimum absolute atomic E-state index is 0.0165. The summed E-state index contributed by atoms with van der Waals surface area (Å²) in [4.78, 5) is 56.5. The summed E-state index contributed by atoms with van der Waals surface area (Å²) in [5.74, 6) is 12.7. The number of nitrogens with one attached hydrogen (secondary N) is 2. The molecule has 2 rings (SSSR count). The van der Waals surface area contributed by atoms with Crippen LogP contribution in [0, 0.1) is 166 Å². The minimum Gasteiger partial charge on any atom is -0.469 e. The summed E-state index contributed by atoms with van der Waals surface area (Å²) in [6, 6.07) is 10.2. The second kappa shape index (κ2) is 102. The van der Waals surface area contributed by atoms with E-state index in [9.17, 15) is 42.3 Å². The molecule has 1 saturated carbocycles. The monoisotopic (exact) mass is 2040 g/mol. The number of rotatable bonds is 56. The van der Waals surface area contributed by atoms with Crippen molar-refractivity contribution in [2.24, 2.45) is 171 Å². The van der Waals surface area contributed by atoms with E-state index in [1.807, 2.05) is 50.7 Å². The van der Waals surface area contributed by atoms with Gasteiger partial charge in [0.05, 0.1) is 37.8 Å². The molecule has 1 aromatic rings. The first kappa shape index (κ1) is 160. The highest BCUT2D eigenvalue weighted by atomic mass is 32.2. The van der Waals surface area contributed by atoms with Crippen LogP contribution in [0.25, 0.3) is 0 Å². The quantitative estimate of drug-likeness (QED) is 0.0270. The van der Waals surface area contributed by atoms with Gasteiger partial charge in [0.25, 0.3) is 0 Å². The zero-order valence-electron chi connectivity index (χ0n) is 100. The number of ether oxygens (including phenoxy) is 1. The fourth-order valence-electron chi connectivity index (χ4n) is 15.9. The molecule has 1 fully saturated rings. The maximum absolute atomic E-state index is 12.2. The summed E-state index contributed by atoms with van der Waals surface area (Å²) in [7, 11) is 1.45. The van der Waals surface area contributed by atoms with Gasteiger partial charge in [-0.3, -0.25) is 24.0 Å². The lowest BCUT2D eigenvalue weighted by molar-refractivity contribution is -0.187. The summed E-state index contributed by atoms with van der Waals surface area (Å²) in [5, 5.41) is 86.2. The number of thioether (sulfide) groups is 1. The SMILES string of the molecule is CC(C)C(CO)C(C)C.CC(C)C(CO)c1ccccc1.CC(C)C[C@H](CO)C(C)C.CC(C)[C@@H](CO)CC1CC1.CCCC[C@H](CO)C(C)C.CCC[C@@H](C(C)C)C(F)(F)F.CCC[C@H](C(=O)CC)C(C)C.CCC[C@H](C(=O)NCC(C)(C)O)C(C)C.CCC[C@H](C(=O)NCCO)C(C)C.CCC[C@H](C(=O)OC)C(C)C.CCC[C@H](C(N)=O)C(C)C.CCC[C@H](CO)C(C)C.CSCC[C@H](CO)C(C)C. The Balaban J connectivity index is -0.000000145. The van der Waals surface area contributed by atoms with Crippen LogP contribution in [0.15, 0.2) is 30.3 Å². The largest absolute Gasteiger partial charge is 0.469 e. The molecule has 22 heteroatoms. The van der Waals surface area contributed by atoms with Crippen molar-refractivity contribution in [3.05, 3.63) is 35.9 Å². The molecule has 1 aliphatic carbocycles. The number of amides is 3. The van der Waals surface area contributed by atoms with Crippen molar-refractivity contribution in [3.63, 3.8) is 0 Å². The van der Waals surface area contributed by atoms with Crippen LogP contribution >= 0.6 is 11.8 Å². The molecular weight excluding hydrogens is 1800 g/mol. The molecule has 0 bridgehead atoms. The highest BCUT2D eigenvalue weighted by Gasteiger charge is 2.40. The molecule has 0 radical (unpaired) electrons. The summed E-state index contributed by atoms with van der Waals surface area (Å²) >= 11 is 1.85. The standard InChI is InChI=1S/C12H25NO2.C11H16O.C10H21NO2.C10H20O.C9H18O2.C9H18O.2C9H20O.C8H15F3.C8H17NO.C8H18OS.2C8H18O/c1-6-7-10(9(2)3)11(14)13-8-12(4,5)15;1-9(2)11(8-12)10-6-4-3-5-7-10;1-4-5-9(8(2)3)10(13)11-6-7-12;1-5-7-9(8(3)4)10(11)6-2;1-5-6-8(7(2)3)9(10)11-4;1-7(2)9(6-10)5-8-3-4-8;1-7(2)5-9(6-10)8(3)4;1-4-5-6-9(7-10)8(2)3;1-4-5-7(6(2)3)8(9,10)11;1-4-5-7(6(2)3)8(9)10;1-7(2)8(6-9)4-5-10-3;1-6(2)8(5-9)7(3)4;1-4-5-8(6-9)7(2)3/h9-10,15H,6-8H2,1-5H3,(H,13,14);3-7,9,11-12H,8H2,1-2H3;8-9,12H,4-7H2,1-3H3,(H,11,13);8-9H,5-7H2,1-4H3;7-8H,5-6H2,1-4H3;7-10H,3-6H2,1-2H3;7-10H,5-6H2,1-4H3;8-10H,4-7H2,1-3H3;6-7H,4-5H2,1-3H3;6-7H,4-5H2,1-3H3,(H2,9,10);7-9H,4-6H2,1-3H3;6-9H,5H2,1-4H3;7-9H,4-6H2,1-3H3/t10-;;2*9-;8-;3*9-;2*7-;8-;;8-/m0.000111001.1/s1. The molecule has 852 valence electrons. The molecule has 3 amide bonds. The first-order valence-corrected chi connectivity index (χ1v) is 57.5. The number of unbranched alkanes of at least 4 members (excludes halogenated alkanes) is 1. The van der Waals surface area contributed by atoms with Gasteiger partial charge < -0.3 is 67.1 Å². The van der Waals surface area contributed by atoms with Crippen molar-refractivity contribution in [3.8, 4) is 0 Å². The molecule has 0 spiro atoms. The van der Waals surface area contributed by atoms with Crippen LogP contribution in [-0.4, -0.2) is 172 Å². The molecule has 1 aromatic carbocycles. The number of halogens is 3. The van der Waals surface area contributed by atoms with Gasteiger partial charge in [0, 0.05) is 88.7 Å². The van der Waals surface area contributed by atoms with Gasteiger partial charge in [-0.25, -0.2) is 0 Å². The second-order valence-electron chi connectivity index (χ2n) is 45.4. The van der Waals surface area contributed by atoms with Crippen molar-refractivity contribution in [2.45, 2.75) is 449 Å². The van der Waals surface area contributed by atoms with Crippen LogP contribution < -0.4 is 16.4 Å². The number of methoxy groups -OCH3 is 1. The van der Waals surface area contributed by atoms with Crippen LogP contribution in [0.1, 0.15) is 443 Å². The Morgan fingerprint density at radius 2 is 0.766 bits per heavy atom. The normalized spacial score (nSPS) is 14.3. The summed E-state index contributed by atoms with van der Waals surface area (Å²) in [6.07, 6.45) is 22.0. The molecular formula is C119H244F3N3O15S. The predicted octanol–water partition coefficient (Wildman–Crippen LogP) is 28.7. The third kappa shape index (κ3) is 98.3. The predicted molar refractivity (Wildman–Crippen MR) is 604 cm³/mol. The number of carbonyl (C=O) groups excluding carboxylic acids is 5. The van der Waals surface area contributed by atoms with E-state index in [4.69, 9.17) is 46.6 Å². The first-order valence-electron chi connectivity index (χ1n) is 56.1. The van der Waals surface area contributed by atoms with Crippen molar-refractivity contribution in [2.75, 3.05) is 85.1 Å². The maximum atomic E-state index is 12.2. The molecule has 18 nitrogen and oxygen atoms in total. The Hall–Kier alpha value is -3.45. The lowest BCUT2D eigenvalue weighted by atomic mass is 9.86. The van der Waals surface area contributed by atoms with Gasteiger partial charge in [0.2, 0.25) is 17.7 Å². The molecule has 1 aliphatic rings. The second-order valence-corrected chi connectivity index (χ2v) is 46.4. The third-order valence-corrected chi connectivity index (χ3v) is 27.3. The number of nitrogens with two attached hydrogens (primary N) is 1. The topological polar surface area (TPSA) is 327 Å². The molecule has 0 saturated heterocycles. The highest BCUT2D eigenvalue weighted by Crippen LogP contribution is 2.38. The average Bonchev–Trinajstić information content (AvgIpc) is 1.87. The Bertz CT molecular complexity index is 2740. The van der Waals surface area contributed by atoms with E-state index in [1.165, 1.54) is 63.4 Å². The van der Waals surface area contributed by atoms with Gasteiger partial charge in [0.1, 0.15) is 5.78 Å². The van der Waals surface area contributed by atoms with Gasteiger partial charge in [-0.1, -0.05) is 371 Å². The molecule has 0 aliphatic heterocycles. The van der Waals surface area contributed by atoms with Crippen molar-refractivity contribution in [1.29, 1.82) is 0 Å². The fraction of sp³-hybridized carbons (Fsp3) is 0.908. The Labute approximate surface area is 876 Å². The van der Waals surface area contributed by atoms with Crippen molar-refractivity contribution >= 4 is 41.2 Å². The van der Waals surface area contributed by atoms with Crippen LogP contribution in [-0.2, 0) is 28.7 Å². The van der Waals surface area contributed by atoms with E-state index in [1.54, 1.807) is 34.6 Å². The number of aliphatic hydroxyl groups is 9. The molecule has 141 heavy (non-hydrogen) atoms. The van der Waals surface area contributed by atoms with Crippen LogP contribution in [0.2, 0.25) is 0 Å². The molecule has 13 N–H and O–H groups in total. The molecule has 12 atom stereocenters. The third-order valence-electron chi connectivity index (χ3n) is 26.7. The fourth-order valence-corrected chi connectivity index (χ4v) is 16.5. The lowest BCUT2D eigenvalue weighted by Gasteiger charge is -2.23. The van der Waals surface area contributed by atoms with Gasteiger partial charge in [-0.05, 0) is 232 Å². The first-order chi connectivity index (χ1) is 65.5. The smallest absolute Gasteiger partial charge is 0.392 e. The van der Waals surface area contributed by atoms with Gasteiger partial charge in [-0.2, -0.15) is 24.9 Å². The number of benzene rings is 1. The van der Waals surface area contributed by atoms with Crippen molar-refractivity contribution in [1.82, 2.24) is 10.6 Å². The summed E-state index contributed by atoms with van der Waals surface area (Å²) in [6.45, 7) is 87.9.